The van der Waals surface area contributed by atoms with Gasteiger partial charge in [-0.15, -0.1) is 0 Å². The maximum absolute atomic E-state index is 5.70. The van der Waals surface area contributed by atoms with Crippen LogP contribution in [-0.2, 0) is 0 Å². The largest absolute Gasteiger partial charge is 0.383 e. The number of nitrogens with one attached hydrogen (secondary N) is 1. The number of H-pyrrole nitrogens is 1. The summed E-state index contributed by atoms with van der Waals surface area (Å²) in [6, 6.07) is 8.20. The minimum atomic E-state index is 0.623. The first kappa shape index (κ1) is 9.15. The van der Waals surface area contributed by atoms with Gasteiger partial charge in [-0.25, -0.2) is 0 Å². The van der Waals surface area contributed by atoms with E-state index < -0.39 is 0 Å². The summed E-state index contributed by atoms with van der Waals surface area (Å²) >= 11 is 1.63. The summed E-state index contributed by atoms with van der Waals surface area (Å²) in [5.74, 6) is 0.623. The molecule has 0 bridgehead atoms. The summed E-state index contributed by atoms with van der Waals surface area (Å²) in [7, 11) is 0. The molecule has 0 unspecified atom stereocenters. The molecule has 0 aliphatic heterocycles. The molecule has 0 amide bonds. The van der Waals surface area contributed by atoms with E-state index in [0.29, 0.717) is 5.82 Å². The Morgan fingerprint density at radius 3 is 2.71 bits per heavy atom. The molecule has 14 heavy (non-hydrogen) atoms. The van der Waals surface area contributed by atoms with Gasteiger partial charge in [0.25, 0.3) is 0 Å². The van der Waals surface area contributed by atoms with Crippen LogP contribution in [0.15, 0.2) is 40.3 Å². The Balaban J connectivity index is 2.28. The molecule has 3 nitrogen and oxygen atoms in total. The molecule has 0 fully saturated rings. The standard InChI is InChI=1S/C10H11N3S/c1-7-4-2-3-5-8(7)14-9-6-12-13-10(9)11/h2-6H,1H3,(H3,11,12,13). The van der Waals surface area contributed by atoms with Crippen molar-refractivity contribution in [2.45, 2.75) is 16.7 Å². The fourth-order valence-electron chi connectivity index (χ4n) is 1.16. The third kappa shape index (κ3) is 1.75. The molecular formula is C10H11N3S. The van der Waals surface area contributed by atoms with Crippen LogP contribution in [0.2, 0.25) is 0 Å². The van der Waals surface area contributed by atoms with Crippen molar-refractivity contribution in [3.63, 3.8) is 0 Å². The smallest absolute Gasteiger partial charge is 0.133 e. The number of nitrogens with two attached hydrogens (primary N) is 1. The second kappa shape index (κ2) is 3.75. The van der Waals surface area contributed by atoms with Gasteiger partial charge in [0.2, 0.25) is 0 Å². The zero-order chi connectivity index (χ0) is 9.97. The van der Waals surface area contributed by atoms with E-state index in [0.717, 1.165) is 4.90 Å². The van der Waals surface area contributed by atoms with Crippen molar-refractivity contribution in [2.24, 2.45) is 0 Å². The van der Waals surface area contributed by atoms with Gasteiger partial charge in [0.05, 0.1) is 11.1 Å². The highest BCUT2D eigenvalue weighted by molar-refractivity contribution is 7.99. The number of anilines is 1. The van der Waals surface area contributed by atoms with E-state index in [1.807, 2.05) is 12.1 Å². The first-order chi connectivity index (χ1) is 6.77. The number of hydrogen-bond acceptors (Lipinski definition) is 3. The average Bonchev–Trinajstić information content (AvgIpc) is 2.56. The molecule has 2 aromatic rings. The summed E-state index contributed by atoms with van der Waals surface area (Å²) < 4.78 is 0. The molecule has 72 valence electrons. The monoisotopic (exact) mass is 205 g/mol. The second-order valence-corrected chi connectivity index (χ2v) is 4.10. The van der Waals surface area contributed by atoms with Crippen molar-refractivity contribution < 1.29 is 0 Å². The van der Waals surface area contributed by atoms with E-state index in [1.165, 1.54) is 10.5 Å². The Morgan fingerprint density at radius 2 is 2.07 bits per heavy atom. The van der Waals surface area contributed by atoms with Crippen LogP contribution in [-0.4, -0.2) is 10.2 Å². The number of aromatic nitrogens is 2. The lowest BCUT2D eigenvalue weighted by molar-refractivity contribution is 1.10. The molecule has 0 spiro atoms. The lowest BCUT2D eigenvalue weighted by Gasteiger charge is -2.02. The molecule has 0 aliphatic carbocycles. The number of aryl methyl sites for hydroxylation is 1. The zero-order valence-electron chi connectivity index (χ0n) is 7.82. The highest BCUT2D eigenvalue weighted by Crippen LogP contribution is 2.32. The maximum atomic E-state index is 5.70. The van der Waals surface area contributed by atoms with Crippen molar-refractivity contribution in [3.8, 4) is 0 Å². The highest BCUT2D eigenvalue weighted by Gasteiger charge is 2.04. The van der Waals surface area contributed by atoms with Gasteiger partial charge in [0, 0.05) is 4.90 Å². The van der Waals surface area contributed by atoms with Gasteiger partial charge in [-0.2, -0.15) is 5.10 Å². The van der Waals surface area contributed by atoms with Gasteiger partial charge in [-0.1, -0.05) is 30.0 Å². The fourth-order valence-corrected chi connectivity index (χ4v) is 2.03. The molecule has 0 saturated heterocycles. The van der Waals surface area contributed by atoms with Crippen LogP contribution >= 0.6 is 11.8 Å². The molecule has 2 rings (SSSR count). The minimum absolute atomic E-state index is 0.623. The lowest BCUT2D eigenvalue weighted by atomic mass is 10.2. The quantitative estimate of drug-likeness (QED) is 0.791. The van der Waals surface area contributed by atoms with Crippen LogP contribution in [0.5, 0.6) is 0 Å². The molecule has 0 radical (unpaired) electrons. The SMILES string of the molecule is Cc1ccccc1Sc1cn[nH]c1N. The van der Waals surface area contributed by atoms with Crippen LogP contribution in [0.4, 0.5) is 5.82 Å². The summed E-state index contributed by atoms with van der Waals surface area (Å²) in [4.78, 5) is 2.18. The van der Waals surface area contributed by atoms with Crippen LogP contribution in [0.25, 0.3) is 0 Å². The molecule has 0 saturated carbocycles. The number of nitrogen functional groups attached to an aromatic ring is 1. The molecule has 4 heteroatoms. The number of nitrogens with zero attached hydrogens (tertiary/aromatic N) is 1. The van der Waals surface area contributed by atoms with E-state index >= 15 is 0 Å². The number of aromatic amines is 1. The maximum Gasteiger partial charge on any atom is 0.133 e. The van der Waals surface area contributed by atoms with Gasteiger partial charge in [-0.05, 0) is 18.6 Å². The average molecular weight is 205 g/mol. The lowest BCUT2D eigenvalue weighted by Crippen LogP contribution is -1.86. The van der Waals surface area contributed by atoms with E-state index in [4.69, 9.17) is 5.73 Å². The zero-order valence-corrected chi connectivity index (χ0v) is 8.64. The first-order valence-electron chi connectivity index (χ1n) is 4.29. The third-order valence-electron chi connectivity index (χ3n) is 1.95. The molecule has 1 aromatic heterocycles. The van der Waals surface area contributed by atoms with Gasteiger partial charge in [-0.3, -0.25) is 5.10 Å². The molecule has 0 atom stereocenters. The molecule has 1 heterocycles. The van der Waals surface area contributed by atoms with Crippen LogP contribution in [0.1, 0.15) is 5.56 Å². The Hall–Kier alpha value is -1.42. The van der Waals surface area contributed by atoms with Gasteiger partial charge < -0.3 is 5.73 Å². The second-order valence-electron chi connectivity index (χ2n) is 3.02. The fraction of sp³-hybridized carbons (Fsp3) is 0.100. The van der Waals surface area contributed by atoms with Crippen molar-refractivity contribution in [3.05, 3.63) is 36.0 Å². The Bertz CT molecular complexity index is 436. The molecular weight excluding hydrogens is 194 g/mol. The Labute approximate surface area is 86.7 Å². The van der Waals surface area contributed by atoms with Gasteiger partial charge in [0.1, 0.15) is 5.82 Å². The number of rotatable bonds is 2. The topological polar surface area (TPSA) is 54.7 Å². The van der Waals surface area contributed by atoms with Crippen molar-refractivity contribution >= 4 is 17.6 Å². The van der Waals surface area contributed by atoms with E-state index in [2.05, 4.69) is 29.3 Å². The van der Waals surface area contributed by atoms with E-state index in [-0.39, 0.29) is 0 Å². The molecule has 3 N–H and O–H groups in total. The summed E-state index contributed by atoms with van der Waals surface area (Å²) in [6.45, 7) is 2.08. The molecule has 1 aromatic carbocycles. The van der Waals surface area contributed by atoms with Crippen molar-refractivity contribution in [1.29, 1.82) is 0 Å². The predicted octanol–water partition coefficient (Wildman–Crippen LogP) is 2.45. The minimum Gasteiger partial charge on any atom is -0.383 e. The third-order valence-corrected chi connectivity index (χ3v) is 3.17. The van der Waals surface area contributed by atoms with E-state index in [1.54, 1.807) is 18.0 Å². The normalized spacial score (nSPS) is 10.4. The van der Waals surface area contributed by atoms with Gasteiger partial charge >= 0.3 is 0 Å². The Morgan fingerprint density at radius 1 is 1.29 bits per heavy atom. The number of benzene rings is 1. The number of hydrogen-bond donors (Lipinski definition) is 2. The van der Waals surface area contributed by atoms with Crippen LogP contribution in [0.3, 0.4) is 0 Å². The van der Waals surface area contributed by atoms with E-state index in [9.17, 15) is 0 Å². The molecule has 0 aliphatic rings. The Kier molecular flexibility index (Phi) is 2.45. The summed E-state index contributed by atoms with van der Waals surface area (Å²) in [5.41, 5.74) is 6.95. The first-order valence-corrected chi connectivity index (χ1v) is 5.11. The van der Waals surface area contributed by atoms with Crippen LogP contribution in [0, 0.1) is 6.92 Å². The summed E-state index contributed by atoms with van der Waals surface area (Å²) in [5, 5.41) is 6.59. The van der Waals surface area contributed by atoms with Gasteiger partial charge in [0.15, 0.2) is 0 Å². The van der Waals surface area contributed by atoms with Crippen LogP contribution < -0.4 is 5.73 Å². The summed E-state index contributed by atoms with van der Waals surface area (Å²) in [6.07, 6.45) is 1.74. The highest BCUT2D eigenvalue weighted by atomic mass is 32.2. The van der Waals surface area contributed by atoms with Crippen molar-refractivity contribution in [1.82, 2.24) is 10.2 Å². The van der Waals surface area contributed by atoms with Crippen molar-refractivity contribution in [2.75, 3.05) is 5.73 Å². The predicted molar refractivity (Wildman–Crippen MR) is 58.3 cm³/mol.